The van der Waals surface area contributed by atoms with Crippen molar-refractivity contribution in [1.29, 1.82) is 0 Å². The van der Waals surface area contributed by atoms with Crippen molar-refractivity contribution in [1.82, 2.24) is 10.6 Å². The fourth-order valence-corrected chi connectivity index (χ4v) is 3.90. The highest BCUT2D eigenvalue weighted by Gasteiger charge is 2.29. The Hall–Kier alpha value is -3.46. The molecule has 196 valence electrons. The third-order valence-corrected chi connectivity index (χ3v) is 5.70. The first-order valence-corrected chi connectivity index (χ1v) is 12.3. The number of benzene rings is 2. The van der Waals surface area contributed by atoms with Gasteiger partial charge in [-0.2, -0.15) is 0 Å². The summed E-state index contributed by atoms with van der Waals surface area (Å²) in [4.78, 5) is 50.0. The molecule has 2 rings (SSSR count). The van der Waals surface area contributed by atoms with Crippen molar-refractivity contribution in [3.63, 3.8) is 0 Å². The lowest BCUT2D eigenvalue weighted by molar-refractivity contribution is -0.137. The summed E-state index contributed by atoms with van der Waals surface area (Å²) < 4.78 is 0. The maximum absolute atomic E-state index is 13.2. The number of hydrogen-bond donors (Lipinski definition) is 5. The van der Waals surface area contributed by atoms with Crippen molar-refractivity contribution in [3.05, 3.63) is 42.5 Å². The highest BCUT2D eigenvalue weighted by Crippen LogP contribution is 2.19. The fraction of sp³-hybridized carbons (Fsp3) is 0.481. The number of nitrogens with one attached hydrogen (secondary N) is 3. The molecule has 2 aromatic carbocycles. The average molecular weight is 499 g/mol. The summed E-state index contributed by atoms with van der Waals surface area (Å²) in [7, 11) is 0. The molecular weight excluding hydrogens is 460 g/mol. The predicted octanol–water partition coefficient (Wildman–Crippen LogP) is 3.03. The van der Waals surface area contributed by atoms with Gasteiger partial charge in [-0.25, -0.2) is 0 Å². The van der Waals surface area contributed by atoms with Gasteiger partial charge in [0.1, 0.15) is 12.1 Å². The van der Waals surface area contributed by atoms with Gasteiger partial charge >= 0.3 is 5.97 Å². The third-order valence-electron chi connectivity index (χ3n) is 5.70. The Morgan fingerprint density at radius 2 is 1.42 bits per heavy atom. The van der Waals surface area contributed by atoms with E-state index in [1.807, 2.05) is 58.0 Å². The minimum atomic E-state index is -1.10. The van der Waals surface area contributed by atoms with E-state index >= 15 is 0 Å². The second kappa shape index (κ2) is 13.6. The van der Waals surface area contributed by atoms with E-state index in [0.717, 1.165) is 10.8 Å². The predicted molar refractivity (Wildman–Crippen MR) is 140 cm³/mol. The van der Waals surface area contributed by atoms with Gasteiger partial charge in [0.2, 0.25) is 17.7 Å². The smallest absolute Gasteiger partial charge is 0.303 e. The second-order valence-corrected chi connectivity index (χ2v) is 9.97. The van der Waals surface area contributed by atoms with E-state index in [4.69, 9.17) is 10.8 Å². The van der Waals surface area contributed by atoms with Gasteiger partial charge in [-0.3, -0.25) is 19.2 Å². The molecular formula is C27H38N4O5. The lowest BCUT2D eigenvalue weighted by Crippen LogP contribution is -2.55. The molecule has 0 aliphatic heterocycles. The van der Waals surface area contributed by atoms with Crippen molar-refractivity contribution >= 4 is 40.2 Å². The number of rotatable bonds is 13. The Balaban J connectivity index is 2.16. The van der Waals surface area contributed by atoms with Crippen LogP contribution in [0, 0.1) is 11.8 Å². The third kappa shape index (κ3) is 9.30. The molecule has 0 unspecified atom stereocenters. The Kier molecular flexibility index (Phi) is 10.9. The van der Waals surface area contributed by atoms with Crippen LogP contribution in [0.15, 0.2) is 42.5 Å². The van der Waals surface area contributed by atoms with Gasteiger partial charge in [-0.1, -0.05) is 58.0 Å². The molecule has 3 amide bonds. The minimum absolute atomic E-state index is 0.0752. The number of fused-ring (bicyclic) bond motifs is 1. The number of anilines is 1. The van der Waals surface area contributed by atoms with E-state index in [-0.39, 0.29) is 24.7 Å². The van der Waals surface area contributed by atoms with Crippen LogP contribution in [0.4, 0.5) is 5.69 Å². The first-order chi connectivity index (χ1) is 17.0. The Morgan fingerprint density at radius 1 is 0.806 bits per heavy atom. The van der Waals surface area contributed by atoms with Gasteiger partial charge < -0.3 is 26.8 Å². The van der Waals surface area contributed by atoms with Crippen molar-refractivity contribution in [2.45, 2.75) is 71.5 Å². The summed E-state index contributed by atoms with van der Waals surface area (Å²) in [6.07, 6.45) is 0.396. The van der Waals surface area contributed by atoms with Crippen molar-refractivity contribution in [2.75, 3.05) is 5.32 Å². The van der Waals surface area contributed by atoms with E-state index in [2.05, 4.69) is 16.0 Å². The van der Waals surface area contributed by atoms with Crippen LogP contribution in [0.3, 0.4) is 0 Å². The first-order valence-electron chi connectivity index (χ1n) is 12.3. The Morgan fingerprint density at radius 3 is 2.03 bits per heavy atom. The van der Waals surface area contributed by atoms with E-state index in [1.54, 1.807) is 12.1 Å². The van der Waals surface area contributed by atoms with Gasteiger partial charge in [-0.15, -0.1) is 0 Å². The van der Waals surface area contributed by atoms with Crippen LogP contribution in [0.5, 0.6) is 0 Å². The number of nitrogens with two attached hydrogens (primary N) is 1. The zero-order valence-corrected chi connectivity index (χ0v) is 21.4. The van der Waals surface area contributed by atoms with Gasteiger partial charge in [0.15, 0.2) is 0 Å². The molecule has 0 aromatic heterocycles. The van der Waals surface area contributed by atoms with Crippen molar-refractivity contribution in [2.24, 2.45) is 17.6 Å². The Bertz CT molecular complexity index is 1070. The summed E-state index contributed by atoms with van der Waals surface area (Å²) in [5.74, 6) is -2.33. The molecule has 3 atom stereocenters. The van der Waals surface area contributed by atoms with Crippen LogP contribution in [-0.2, 0) is 19.2 Å². The van der Waals surface area contributed by atoms with Crippen molar-refractivity contribution in [3.8, 4) is 0 Å². The molecule has 36 heavy (non-hydrogen) atoms. The number of carbonyl (C=O) groups excluding carboxylic acids is 3. The zero-order chi connectivity index (χ0) is 26.8. The number of hydrogen-bond acceptors (Lipinski definition) is 5. The van der Waals surface area contributed by atoms with Crippen LogP contribution < -0.4 is 21.7 Å². The zero-order valence-electron chi connectivity index (χ0n) is 21.4. The SMILES string of the molecule is CC(C)C[C@H](NC(=O)[C@@H](N)CC(C)C)C(=O)N[C@@H](CCC(=O)O)C(=O)Nc1ccc2ccccc2c1. The maximum atomic E-state index is 13.2. The molecule has 0 saturated carbocycles. The highest BCUT2D eigenvalue weighted by atomic mass is 16.4. The first kappa shape index (κ1) is 28.8. The van der Waals surface area contributed by atoms with Crippen LogP contribution in [0.1, 0.15) is 53.4 Å². The lowest BCUT2D eigenvalue weighted by atomic mass is 10.00. The van der Waals surface area contributed by atoms with Crippen LogP contribution in [-0.4, -0.2) is 46.9 Å². The fourth-order valence-electron chi connectivity index (χ4n) is 3.90. The summed E-state index contributed by atoms with van der Waals surface area (Å²) in [6, 6.07) is 10.3. The summed E-state index contributed by atoms with van der Waals surface area (Å²) in [5.41, 5.74) is 6.51. The summed E-state index contributed by atoms with van der Waals surface area (Å²) in [5, 5.41) is 19.2. The number of carboxylic acids is 1. The Labute approximate surface area is 212 Å². The van der Waals surface area contributed by atoms with Gasteiger partial charge in [0, 0.05) is 12.1 Å². The largest absolute Gasteiger partial charge is 0.481 e. The minimum Gasteiger partial charge on any atom is -0.481 e. The maximum Gasteiger partial charge on any atom is 0.303 e. The van der Waals surface area contributed by atoms with Crippen LogP contribution in [0.2, 0.25) is 0 Å². The number of carboxylic acid groups (broad SMARTS) is 1. The molecule has 6 N–H and O–H groups in total. The molecule has 0 aliphatic carbocycles. The standard InChI is InChI=1S/C27H38N4O5/c1-16(2)13-21(28)25(34)31-23(14-17(3)4)27(36)30-22(11-12-24(32)33)26(35)29-20-10-9-18-7-5-6-8-19(18)15-20/h5-10,15-17,21-23H,11-14,28H2,1-4H3,(H,29,35)(H,30,36)(H,31,34)(H,32,33)/t21-,22-,23-/m0/s1. The van der Waals surface area contributed by atoms with E-state index in [0.29, 0.717) is 18.5 Å². The van der Waals surface area contributed by atoms with Gasteiger partial charge in [-0.05, 0) is 54.0 Å². The molecule has 0 saturated heterocycles. The topological polar surface area (TPSA) is 151 Å². The van der Waals surface area contributed by atoms with Crippen molar-refractivity contribution < 1.29 is 24.3 Å². The molecule has 0 heterocycles. The number of carbonyl (C=O) groups is 4. The van der Waals surface area contributed by atoms with E-state index in [9.17, 15) is 19.2 Å². The quantitative estimate of drug-likeness (QED) is 0.286. The summed E-state index contributed by atoms with van der Waals surface area (Å²) in [6.45, 7) is 7.73. The number of amides is 3. The molecule has 0 bridgehead atoms. The molecule has 0 radical (unpaired) electrons. The van der Waals surface area contributed by atoms with Gasteiger partial charge in [0.25, 0.3) is 0 Å². The van der Waals surface area contributed by atoms with E-state index in [1.165, 1.54) is 0 Å². The molecule has 0 fully saturated rings. The molecule has 9 heteroatoms. The second-order valence-electron chi connectivity index (χ2n) is 9.97. The molecule has 0 aliphatic rings. The van der Waals surface area contributed by atoms with Crippen LogP contribution >= 0.6 is 0 Å². The monoisotopic (exact) mass is 498 g/mol. The van der Waals surface area contributed by atoms with E-state index < -0.39 is 41.8 Å². The summed E-state index contributed by atoms with van der Waals surface area (Å²) >= 11 is 0. The molecule has 2 aromatic rings. The van der Waals surface area contributed by atoms with Crippen LogP contribution in [0.25, 0.3) is 10.8 Å². The molecule has 9 nitrogen and oxygen atoms in total. The lowest BCUT2D eigenvalue weighted by Gasteiger charge is -2.25. The highest BCUT2D eigenvalue weighted by molar-refractivity contribution is 6.00. The number of aliphatic carboxylic acids is 1. The normalized spacial score (nSPS) is 13.8. The average Bonchev–Trinajstić information content (AvgIpc) is 2.80. The van der Waals surface area contributed by atoms with Gasteiger partial charge in [0.05, 0.1) is 6.04 Å². The molecule has 0 spiro atoms.